The van der Waals surface area contributed by atoms with E-state index in [-0.39, 0.29) is 28.1 Å². The molecule has 2 heterocycles. The Bertz CT molecular complexity index is 1360. The first-order valence-corrected chi connectivity index (χ1v) is 8.86. The Labute approximate surface area is 173 Å². The van der Waals surface area contributed by atoms with E-state index in [0.717, 1.165) is 23.8 Å². The molecule has 2 aromatic carbocycles. The molecule has 0 unspecified atom stereocenters. The molecule has 4 rings (SSSR count). The predicted molar refractivity (Wildman–Crippen MR) is 108 cm³/mol. The van der Waals surface area contributed by atoms with Crippen molar-refractivity contribution in [2.75, 3.05) is 5.73 Å². The summed E-state index contributed by atoms with van der Waals surface area (Å²) in [4.78, 5) is 35.7. The van der Waals surface area contributed by atoms with Gasteiger partial charge >= 0.3 is 11.4 Å². The number of carbonyl (C=O) groups is 1. The molecule has 4 aromatic rings. The average Bonchev–Trinajstić information content (AvgIpc) is 3.11. The van der Waals surface area contributed by atoms with Crippen LogP contribution in [0.3, 0.4) is 0 Å². The minimum atomic E-state index is -0.886. The molecule has 0 radical (unpaired) electrons. The molecular formula is C20H17F2N5O4. The fourth-order valence-electron chi connectivity index (χ4n) is 2.65. The quantitative estimate of drug-likeness (QED) is 0.424. The zero-order valence-corrected chi connectivity index (χ0v) is 16.2. The van der Waals surface area contributed by atoms with Gasteiger partial charge in [0.1, 0.15) is 11.6 Å². The number of hydrogen-bond acceptors (Lipinski definition) is 6. The zero-order valence-electron chi connectivity index (χ0n) is 16.2. The molecule has 0 saturated carbocycles. The van der Waals surface area contributed by atoms with Gasteiger partial charge < -0.3 is 15.5 Å². The Hall–Kier alpha value is -4.28. The highest BCUT2D eigenvalue weighted by atomic mass is 19.1. The van der Waals surface area contributed by atoms with Gasteiger partial charge in [0, 0.05) is 31.0 Å². The Balaban J connectivity index is 0.000000185. The Kier molecular flexibility index (Phi) is 6.24. The summed E-state index contributed by atoms with van der Waals surface area (Å²) < 4.78 is 31.4. The van der Waals surface area contributed by atoms with Crippen molar-refractivity contribution in [3.8, 4) is 0 Å². The molecule has 1 amide bonds. The highest BCUT2D eigenvalue weighted by Gasteiger charge is 2.10. The normalized spacial score (nSPS) is 10.4. The van der Waals surface area contributed by atoms with Gasteiger partial charge in [-0.05, 0) is 36.4 Å². The van der Waals surface area contributed by atoms with Crippen molar-refractivity contribution in [1.82, 2.24) is 20.1 Å². The van der Waals surface area contributed by atoms with Crippen LogP contribution in [-0.2, 0) is 13.6 Å². The van der Waals surface area contributed by atoms with E-state index in [1.165, 1.54) is 18.2 Å². The summed E-state index contributed by atoms with van der Waals surface area (Å²) in [5.74, 6) is -2.20. The highest BCUT2D eigenvalue weighted by molar-refractivity contribution is 5.99. The molecule has 9 nitrogen and oxygen atoms in total. The fraction of sp³-hybridized carbons (Fsp3) is 0.100. The third-order valence-electron chi connectivity index (χ3n) is 4.09. The van der Waals surface area contributed by atoms with Gasteiger partial charge in [0.05, 0.1) is 22.7 Å². The minimum absolute atomic E-state index is 0.124. The summed E-state index contributed by atoms with van der Waals surface area (Å²) in [6.45, 7) is 0.351. The number of carbonyl (C=O) groups excluding carboxylic acids is 1. The van der Waals surface area contributed by atoms with Crippen molar-refractivity contribution in [2.24, 2.45) is 7.05 Å². The van der Waals surface area contributed by atoms with Gasteiger partial charge in [-0.1, -0.05) is 0 Å². The second kappa shape index (κ2) is 9.03. The number of hydrogen-bond donors (Lipinski definition) is 3. The van der Waals surface area contributed by atoms with Crippen LogP contribution >= 0.6 is 0 Å². The molecule has 0 spiro atoms. The summed E-state index contributed by atoms with van der Waals surface area (Å²) >= 11 is 0. The maximum absolute atomic E-state index is 12.8. The van der Waals surface area contributed by atoms with Crippen molar-refractivity contribution in [1.29, 1.82) is 0 Å². The maximum Gasteiger partial charge on any atom is 0.419 e. The third kappa shape index (κ3) is 5.41. The van der Waals surface area contributed by atoms with Crippen molar-refractivity contribution >= 4 is 22.5 Å². The van der Waals surface area contributed by atoms with Crippen molar-refractivity contribution < 1.29 is 18.0 Å². The van der Waals surface area contributed by atoms with Gasteiger partial charge in [-0.3, -0.25) is 14.5 Å². The number of benzene rings is 2. The number of rotatable bonds is 3. The number of nitrogens with two attached hydrogens (primary N) is 1. The molecule has 0 aliphatic heterocycles. The minimum Gasteiger partial charge on any atom is -0.398 e. The summed E-state index contributed by atoms with van der Waals surface area (Å²) in [6.07, 6.45) is 3.46. The van der Waals surface area contributed by atoms with Crippen LogP contribution in [0, 0.1) is 11.6 Å². The summed E-state index contributed by atoms with van der Waals surface area (Å²) in [6, 6.07) is 7.13. The van der Waals surface area contributed by atoms with Crippen LogP contribution in [0.15, 0.2) is 62.8 Å². The van der Waals surface area contributed by atoms with Gasteiger partial charge in [-0.15, -0.1) is 0 Å². The molecule has 11 heteroatoms. The van der Waals surface area contributed by atoms with E-state index in [1.807, 2.05) is 0 Å². The molecule has 0 atom stereocenters. The monoisotopic (exact) mass is 429 g/mol. The topological polar surface area (TPSA) is 136 Å². The molecule has 0 fully saturated rings. The SMILES string of the molecule is Cn1cc(CNC(=O)c2ccc(F)cc2N)cn1.O=c1[nH]c2cc(F)ccc2c(=O)o1. The lowest BCUT2D eigenvalue weighted by Gasteiger charge is -2.06. The Morgan fingerprint density at radius 2 is 1.90 bits per heavy atom. The lowest BCUT2D eigenvalue weighted by atomic mass is 10.1. The highest BCUT2D eigenvalue weighted by Crippen LogP contribution is 2.13. The summed E-state index contributed by atoms with van der Waals surface area (Å²) in [7, 11) is 1.79. The molecule has 0 aliphatic carbocycles. The smallest absolute Gasteiger partial charge is 0.398 e. The lowest BCUT2D eigenvalue weighted by Crippen LogP contribution is -2.23. The third-order valence-corrected chi connectivity index (χ3v) is 4.09. The second-order valence-electron chi connectivity index (χ2n) is 6.43. The second-order valence-corrected chi connectivity index (χ2v) is 6.43. The Morgan fingerprint density at radius 1 is 1.19 bits per heavy atom. The van der Waals surface area contributed by atoms with Crippen LogP contribution in [0.1, 0.15) is 15.9 Å². The van der Waals surface area contributed by atoms with Gasteiger partial charge in [0.2, 0.25) is 0 Å². The summed E-state index contributed by atoms with van der Waals surface area (Å²) in [5.41, 5.74) is 6.22. The van der Waals surface area contributed by atoms with E-state index < -0.39 is 23.0 Å². The van der Waals surface area contributed by atoms with Crippen LogP contribution in [0.5, 0.6) is 0 Å². The average molecular weight is 429 g/mol. The number of halogens is 2. The molecule has 160 valence electrons. The first kappa shape index (κ1) is 21.4. The van der Waals surface area contributed by atoms with Crippen LogP contribution < -0.4 is 22.4 Å². The molecule has 0 bridgehead atoms. The van der Waals surface area contributed by atoms with Crippen LogP contribution in [0.2, 0.25) is 0 Å². The molecular weight excluding hydrogens is 412 g/mol. The van der Waals surface area contributed by atoms with E-state index >= 15 is 0 Å². The molecule has 2 aromatic heterocycles. The number of nitrogens with one attached hydrogen (secondary N) is 2. The summed E-state index contributed by atoms with van der Waals surface area (Å²) in [5, 5.41) is 6.84. The lowest BCUT2D eigenvalue weighted by molar-refractivity contribution is 0.0951. The van der Waals surface area contributed by atoms with Crippen LogP contribution in [0.4, 0.5) is 14.5 Å². The molecule has 4 N–H and O–H groups in total. The zero-order chi connectivity index (χ0) is 22.5. The van der Waals surface area contributed by atoms with E-state index in [0.29, 0.717) is 6.54 Å². The standard InChI is InChI=1S/C12H13FN4O.C8H4FNO3/c1-17-7-8(6-16-17)5-15-12(18)10-3-2-9(13)4-11(10)14;9-4-1-2-5-6(3-4)10-8(12)13-7(5)11/h2-4,6-7H,5,14H2,1H3,(H,15,18);1-3H,(H,10,12). The number of aryl methyl sites for hydroxylation is 1. The van der Waals surface area contributed by atoms with Gasteiger partial charge in [-0.25, -0.2) is 18.4 Å². The number of amides is 1. The number of aromatic amines is 1. The first-order chi connectivity index (χ1) is 14.7. The van der Waals surface area contributed by atoms with Gasteiger partial charge in [0.15, 0.2) is 0 Å². The molecule has 31 heavy (non-hydrogen) atoms. The number of anilines is 1. The first-order valence-electron chi connectivity index (χ1n) is 8.86. The van der Waals surface area contributed by atoms with Crippen molar-refractivity contribution in [3.05, 3.63) is 92.5 Å². The number of nitrogens with zero attached hydrogens (tertiary/aromatic N) is 2. The van der Waals surface area contributed by atoms with E-state index in [9.17, 15) is 23.2 Å². The van der Waals surface area contributed by atoms with E-state index in [2.05, 4.69) is 19.8 Å². The van der Waals surface area contributed by atoms with E-state index in [1.54, 1.807) is 24.1 Å². The van der Waals surface area contributed by atoms with Crippen LogP contribution in [0.25, 0.3) is 10.9 Å². The fourth-order valence-corrected chi connectivity index (χ4v) is 2.65. The van der Waals surface area contributed by atoms with Crippen molar-refractivity contribution in [3.63, 3.8) is 0 Å². The molecule has 0 aliphatic rings. The van der Waals surface area contributed by atoms with E-state index in [4.69, 9.17) is 5.73 Å². The number of nitrogen functional groups attached to an aromatic ring is 1. The number of fused-ring (bicyclic) bond motifs is 1. The molecule has 0 saturated heterocycles. The Morgan fingerprint density at radius 3 is 2.58 bits per heavy atom. The van der Waals surface area contributed by atoms with Gasteiger partial charge in [-0.2, -0.15) is 5.10 Å². The number of H-pyrrole nitrogens is 1. The van der Waals surface area contributed by atoms with Gasteiger partial charge in [0.25, 0.3) is 5.91 Å². The number of aromatic nitrogens is 3. The van der Waals surface area contributed by atoms with Crippen molar-refractivity contribution in [2.45, 2.75) is 6.54 Å². The predicted octanol–water partition coefficient (Wildman–Crippen LogP) is 1.69. The largest absolute Gasteiger partial charge is 0.419 e. The van der Waals surface area contributed by atoms with Crippen LogP contribution in [-0.4, -0.2) is 20.7 Å². The maximum atomic E-state index is 12.8.